The number of allylic oxidation sites excluding steroid dienone is 1. The summed E-state index contributed by atoms with van der Waals surface area (Å²) in [5.74, 6) is 0.766. The van der Waals surface area contributed by atoms with Crippen LogP contribution >= 0.6 is 11.8 Å². The van der Waals surface area contributed by atoms with E-state index in [4.69, 9.17) is 5.73 Å². The Morgan fingerprint density at radius 3 is 3.07 bits per heavy atom. The van der Waals surface area contributed by atoms with Crippen LogP contribution in [0.25, 0.3) is 0 Å². The number of nitrogens with two attached hydrogens (primary N) is 1. The molecule has 1 aliphatic heterocycles. The van der Waals surface area contributed by atoms with Gasteiger partial charge in [-0.1, -0.05) is 6.08 Å². The van der Waals surface area contributed by atoms with Crippen molar-refractivity contribution in [3.05, 3.63) is 35.5 Å². The van der Waals surface area contributed by atoms with Gasteiger partial charge in [-0.05, 0) is 6.08 Å². The van der Waals surface area contributed by atoms with Gasteiger partial charge in [0.05, 0.1) is 11.7 Å². The molecule has 0 bridgehead atoms. The summed E-state index contributed by atoms with van der Waals surface area (Å²) in [5, 5.41) is 0. The highest BCUT2D eigenvalue weighted by Gasteiger charge is 2.18. The fraction of sp³-hybridized carbons (Fsp3) is 0.300. The third-order valence-electron chi connectivity index (χ3n) is 1.92. The molecule has 4 heteroatoms. The monoisotopic (exact) mass is 210 g/mol. The minimum atomic E-state index is -0.170. The summed E-state index contributed by atoms with van der Waals surface area (Å²) in [5.41, 5.74) is 6.51. The molecule has 0 aromatic rings. The van der Waals surface area contributed by atoms with Gasteiger partial charge in [-0.2, -0.15) is 0 Å². The van der Waals surface area contributed by atoms with Gasteiger partial charge >= 0.3 is 0 Å². The molecule has 0 saturated heterocycles. The molecule has 1 unspecified atom stereocenters. The summed E-state index contributed by atoms with van der Waals surface area (Å²) >= 11 is 1.55. The Morgan fingerprint density at radius 2 is 2.50 bits per heavy atom. The van der Waals surface area contributed by atoms with Gasteiger partial charge in [-0.15, -0.1) is 18.3 Å². The standard InChI is InChI=1S/C10H14N2OS/c1-3-6-14-10-8(11)4-5-12(2)9(10)7-13/h3-5,7-8H,1,6,11H2,2H3. The van der Waals surface area contributed by atoms with Crippen LogP contribution in [0.1, 0.15) is 0 Å². The van der Waals surface area contributed by atoms with Crippen molar-refractivity contribution >= 4 is 18.0 Å². The molecule has 2 N–H and O–H groups in total. The number of nitrogens with zero attached hydrogens (tertiary/aromatic N) is 1. The number of thioether (sulfide) groups is 1. The van der Waals surface area contributed by atoms with Gasteiger partial charge in [0.1, 0.15) is 0 Å². The highest BCUT2D eigenvalue weighted by molar-refractivity contribution is 8.03. The lowest BCUT2D eigenvalue weighted by Gasteiger charge is -2.25. The van der Waals surface area contributed by atoms with Gasteiger partial charge in [0.25, 0.3) is 0 Å². The first-order chi connectivity index (χ1) is 6.70. The lowest BCUT2D eigenvalue weighted by Crippen LogP contribution is -2.29. The molecule has 14 heavy (non-hydrogen) atoms. The molecule has 0 spiro atoms. The Labute approximate surface area is 88.3 Å². The predicted octanol–water partition coefficient (Wildman–Crippen LogP) is 1.10. The second-order valence-electron chi connectivity index (χ2n) is 2.95. The van der Waals surface area contributed by atoms with Gasteiger partial charge < -0.3 is 10.6 Å². The third-order valence-corrected chi connectivity index (χ3v) is 3.12. The molecule has 1 atom stereocenters. The molecule has 1 heterocycles. The topological polar surface area (TPSA) is 46.3 Å². The van der Waals surface area contributed by atoms with E-state index in [1.165, 1.54) is 0 Å². The Bertz CT molecular complexity index is 296. The van der Waals surface area contributed by atoms with Crippen molar-refractivity contribution in [3.8, 4) is 0 Å². The second kappa shape index (κ2) is 5.02. The molecule has 1 aliphatic rings. The highest BCUT2D eigenvalue weighted by Crippen LogP contribution is 2.27. The van der Waals surface area contributed by atoms with Crippen molar-refractivity contribution < 1.29 is 4.79 Å². The molecule has 0 aromatic carbocycles. The van der Waals surface area contributed by atoms with Gasteiger partial charge in [0.15, 0.2) is 6.29 Å². The first kappa shape index (κ1) is 11.1. The summed E-state index contributed by atoms with van der Waals surface area (Å²) in [6, 6.07) is -0.170. The Kier molecular flexibility index (Phi) is 3.98. The number of rotatable bonds is 4. The molecule has 0 aliphatic carbocycles. The SMILES string of the molecule is C=CCSC1=C(C=O)N(C)C=CC1N. The average molecular weight is 210 g/mol. The fourth-order valence-electron chi connectivity index (χ4n) is 1.19. The highest BCUT2D eigenvalue weighted by atomic mass is 32.2. The number of aldehydes is 1. The maximum atomic E-state index is 10.9. The number of hydrogen-bond acceptors (Lipinski definition) is 4. The van der Waals surface area contributed by atoms with Gasteiger partial charge in [-0.25, -0.2) is 0 Å². The Hall–Kier alpha value is -1.00. The van der Waals surface area contributed by atoms with Crippen molar-refractivity contribution in [1.29, 1.82) is 0 Å². The van der Waals surface area contributed by atoms with Gasteiger partial charge in [-0.3, -0.25) is 4.79 Å². The van der Waals surface area contributed by atoms with E-state index >= 15 is 0 Å². The van der Waals surface area contributed by atoms with E-state index in [0.717, 1.165) is 16.9 Å². The van der Waals surface area contributed by atoms with E-state index in [9.17, 15) is 4.79 Å². The summed E-state index contributed by atoms with van der Waals surface area (Å²) in [4.78, 5) is 13.5. The van der Waals surface area contributed by atoms with E-state index in [0.29, 0.717) is 5.70 Å². The zero-order valence-electron chi connectivity index (χ0n) is 8.14. The number of carbonyl (C=O) groups excluding carboxylic acids is 1. The second-order valence-corrected chi connectivity index (χ2v) is 4.01. The number of carbonyl (C=O) groups is 1. The van der Waals surface area contributed by atoms with Crippen LogP contribution in [0.15, 0.2) is 35.5 Å². The van der Waals surface area contributed by atoms with Crippen LogP contribution in [0, 0.1) is 0 Å². The van der Waals surface area contributed by atoms with E-state index < -0.39 is 0 Å². The Morgan fingerprint density at radius 1 is 1.79 bits per heavy atom. The normalized spacial score (nSPS) is 21.3. The third kappa shape index (κ3) is 2.27. The zero-order valence-corrected chi connectivity index (χ0v) is 8.96. The molecule has 76 valence electrons. The quantitative estimate of drug-likeness (QED) is 0.557. The van der Waals surface area contributed by atoms with Crippen LogP contribution in [-0.4, -0.2) is 30.0 Å². The fourth-order valence-corrected chi connectivity index (χ4v) is 2.10. The molecular weight excluding hydrogens is 196 g/mol. The zero-order chi connectivity index (χ0) is 10.6. The van der Waals surface area contributed by atoms with Gasteiger partial charge in [0, 0.05) is 23.9 Å². The van der Waals surface area contributed by atoms with Crippen molar-refractivity contribution in [3.63, 3.8) is 0 Å². The summed E-state index contributed by atoms with van der Waals surface area (Å²) in [6.45, 7) is 3.64. The van der Waals surface area contributed by atoms with Crippen molar-refractivity contribution in [1.82, 2.24) is 4.90 Å². The predicted molar refractivity (Wildman–Crippen MR) is 60.6 cm³/mol. The van der Waals surface area contributed by atoms with Crippen LogP contribution in [0.3, 0.4) is 0 Å². The summed E-state index contributed by atoms with van der Waals surface area (Å²) in [6.07, 6.45) is 6.32. The summed E-state index contributed by atoms with van der Waals surface area (Å²) < 4.78 is 0. The molecule has 0 saturated carbocycles. The van der Waals surface area contributed by atoms with Crippen LogP contribution in [0.2, 0.25) is 0 Å². The first-order valence-corrected chi connectivity index (χ1v) is 5.29. The maximum absolute atomic E-state index is 10.9. The lowest BCUT2D eigenvalue weighted by molar-refractivity contribution is -0.105. The van der Waals surface area contributed by atoms with Crippen LogP contribution in [0.4, 0.5) is 0 Å². The van der Waals surface area contributed by atoms with Crippen molar-refractivity contribution in [2.45, 2.75) is 6.04 Å². The smallest absolute Gasteiger partial charge is 0.167 e. The van der Waals surface area contributed by atoms with E-state index in [-0.39, 0.29) is 6.04 Å². The van der Waals surface area contributed by atoms with Crippen LogP contribution < -0.4 is 5.73 Å². The minimum Gasteiger partial charge on any atom is -0.348 e. The van der Waals surface area contributed by atoms with Crippen LogP contribution in [0.5, 0.6) is 0 Å². The van der Waals surface area contributed by atoms with Crippen LogP contribution in [-0.2, 0) is 4.79 Å². The average Bonchev–Trinajstić information content (AvgIpc) is 2.19. The number of likely N-dealkylation sites (N-methyl/N-ethyl adjacent to an activating group) is 1. The molecule has 0 amide bonds. The van der Waals surface area contributed by atoms with Crippen molar-refractivity contribution in [2.75, 3.05) is 12.8 Å². The van der Waals surface area contributed by atoms with E-state index in [2.05, 4.69) is 6.58 Å². The molecule has 1 rings (SSSR count). The Balaban J connectivity index is 2.90. The molecule has 0 aromatic heterocycles. The number of hydrogen-bond donors (Lipinski definition) is 1. The molecule has 0 radical (unpaired) electrons. The molecule has 3 nitrogen and oxygen atoms in total. The van der Waals surface area contributed by atoms with E-state index in [1.807, 2.05) is 19.3 Å². The summed E-state index contributed by atoms with van der Waals surface area (Å²) in [7, 11) is 1.83. The molecular formula is C10H14N2OS. The maximum Gasteiger partial charge on any atom is 0.167 e. The first-order valence-electron chi connectivity index (χ1n) is 4.30. The van der Waals surface area contributed by atoms with Gasteiger partial charge in [0.2, 0.25) is 0 Å². The van der Waals surface area contributed by atoms with Crippen molar-refractivity contribution in [2.24, 2.45) is 5.73 Å². The minimum absolute atomic E-state index is 0.170. The largest absolute Gasteiger partial charge is 0.348 e. The molecule has 0 fully saturated rings. The lowest BCUT2D eigenvalue weighted by atomic mass is 10.2. The van der Waals surface area contributed by atoms with E-state index in [1.54, 1.807) is 22.7 Å².